The monoisotopic (exact) mass is 1080 g/mol. The Morgan fingerprint density at radius 1 is 0.379 bits per heavy atom. The molecule has 1 aromatic heterocycles. The minimum Gasteiger partial charge on any atom is -0.207 e. The number of nitrogens with zero attached hydrogens (tertiary/aromatic N) is 1. The van der Waals surface area contributed by atoms with Crippen LogP contribution in [0.4, 0.5) is 87.8 Å². The van der Waals surface area contributed by atoms with E-state index in [0.29, 0.717) is 0 Å². The van der Waals surface area contributed by atoms with E-state index in [1.165, 1.54) is 22.0 Å². The first-order valence-corrected chi connectivity index (χ1v) is 19.2. The van der Waals surface area contributed by atoms with Crippen molar-refractivity contribution in [1.29, 1.82) is 0 Å². The van der Waals surface area contributed by atoms with E-state index in [-0.39, 0.29) is 0 Å². The van der Waals surface area contributed by atoms with Crippen molar-refractivity contribution in [3.05, 3.63) is 198 Å². The molecule has 24 heteroatoms. The molecule has 7 aromatic rings. The van der Waals surface area contributed by atoms with Gasteiger partial charge in [-0.15, -0.1) is 21.9 Å². The highest BCUT2D eigenvalue weighted by atomic mass is 79.9. The van der Waals surface area contributed by atoms with Gasteiger partial charge in [0.05, 0.1) is 8.78 Å². The molecule has 0 saturated heterocycles. The van der Waals surface area contributed by atoms with Gasteiger partial charge in [-0.25, -0.2) is 87.8 Å². The van der Waals surface area contributed by atoms with Crippen LogP contribution in [-0.2, 0) is 6.54 Å². The van der Waals surface area contributed by atoms with Crippen LogP contribution in [0.5, 0.6) is 0 Å². The SMILES string of the molecule is BrC(Br)=Cc1c2ccccc2cc[n+]1Cc1ccccc1.Fc1c(F)c(F)c([B-](c2c(F)c(F)c(F)c(F)c2F)(c2c(F)c(F)c(F)c(F)c2F)c2c(F)c(F)c(F)c(F)c2F)c(F)c1F. The quantitative estimate of drug-likeness (QED) is 0.0492. The summed E-state index contributed by atoms with van der Waals surface area (Å²) in [7, 11) is 0. The van der Waals surface area contributed by atoms with Crippen LogP contribution < -0.4 is 26.4 Å². The molecule has 1 nitrogen and oxygen atoms in total. The fourth-order valence-electron chi connectivity index (χ4n) is 7.34. The first kappa shape index (κ1) is 49.5. The molecule has 0 amide bonds. The van der Waals surface area contributed by atoms with E-state index in [2.05, 4.69) is 103 Å². The molecule has 6 aromatic carbocycles. The number of pyridine rings is 1. The number of aromatic nitrogens is 1. The van der Waals surface area contributed by atoms with Crippen LogP contribution in [0.15, 0.2) is 70.3 Å². The van der Waals surface area contributed by atoms with E-state index in [4.69, 9.17) is 0 Å². The maximum atomic E-state index is 15.4. The first-order chi connectivity index (χ1) is 30.9. The number of hydrogen-bond donors (Lipinski definition) is 0. The van der Waals surface area contributed by atoms with E-state index < -0.39 is 144 Å². The molecule has 0 atom stereocenters. The molecule has 0 bridgehead atoms. The van der Waals surface area contributed by atoms with Crippen molar-refractivity contribution in [2.45, 2.75) is 6.54 Å². The lowest BCUT2D eigenvalue weighted by molar-refractivity contribution is -0.688. The molecule has 0 aliphatic rings. The first-order valence-electron chi connectivity index (χ1n) is 17.7. The van der Waals surface area contributed by atoms with Gasteiger partial charge in [-0.2, -0.15) is 4.57 Å². The molecule has 0 aliphatic carbocycles. The number of fused-ring (bicyclic) bond motifs is 1. The number of hydrogen-bond acceptors (Lipinski definition) is 0. The lowest BCUT2D eigenvalue weighted by Gasteiger charge is -2.44. The second-order valence-corrected chi connectivity index (χ2v) is 16.4. The molecule has 0 radical (unpaired) electrons. The number of halogens is 22. The summed E-state index contributed by atoms with van der Waals surface area (Å²) in [6.07, 6.45) is -2.97. The Labute approximate surface area is 372 Å². The third-order valence-electron chi connectivity index (χ3n) is 10.1. The van der Waals surface area contributed by atoms with Gasteiger partial charge in [0.1, 0.15) is 52.7 Å². The maximum absolute atomic E-state index is 15.4. The standard InChI is InChI=1S/C24BF20.C18H14Br2N/c26-5-1(6(27)14(35)21(42)13(5)34)25(2-7(28)15(36)22(43)16(37)8(2)29,3-9(30)17(38)23(44)18(39)10(3)31)4-11(32)19(40)24(45)20(41)12(4)33;19-18(20)12-17-16-9-5-4-8-15(16)10-11-21(17)13-14-6-2-1-3-7-14/h;1-12H,13H2/q-1;+1. The average molecular weight is 1080 g/mol. The maximum Gasteiger partial charge on any atom is 0.215 e. The van der Waals surface area contributed by atoms with Crippen LogP contribution in [-0.4, -0.2) is 6.15 Å². The van der Waals surface area contributed by atoms with Crippen LogP contribution in [0.2, 0.25) is 0 Å². The molecule has 0 fully saturated rings. The minimum atomic E-state index is -7.22. The summed E-state index contributed by atoms with van der Waals surface area (Å²) in [5, 5.41) is 2.49. The molecule has 0 aliphatic heterocycles. The fourth-order valence-corrected chi connectivity index (χ4v) is 7.77. The predicted molar refractivity (Wildman–Crippen MR) is 205 cm³/mol. The molecule has 0 saturated carbocycles. The Morgan fingerprint density at radius 2 is 0.667 bits per heavy atom. The Hall–Kier alpha value is -5.91. The van der Waals surface area contributed by atoms with E-state index in [0.717, 1.165) is 9.94 Å². The van der Waals surface area contributed by atoms with Crippen molar-refractivity contribution in [3.8, 4) is 0 Å². The highest BCUT2D eigenvalue weighted by Crippen LogP contribution is 2.31. The van der Waals surface area contributed by atoms with Gasteiger partial charge in [0.15, 0.2) is 82.5 Å². The molecule has 7 rings (SSSR count). The van der Waals surface area contributed by atoms with Crippen LogP contribution in [0.25, 0.3) is 16.8 Å². The van der Waals surface area contributed by atoms with Crippen LogP contribution in [0, 0.1) is 116 Å². The third-order valence-corrected chi connectivity index (χ3v) is 10.6. The van der Waals surface area contributed by atoms with E-state index >= 15 is 35.1 Å². The van der Waals surface area contributed by atoms with Gasteiger partial charge in [-0.3, -0.25) is 0 Å². The van der Waals surface area contributed by atoms with Crippen LogP contribution in [0.1, 0.15) is 11.3 Å². The van der Waals surface area contributed by atoms with E-state index in [1.807, 2.05) is 6.07 Å². The highest BCUT2D eigenvalue weighted by molar-refractivity contribution is 9.28. The lowest BCUT2D eigenvalue weighted by Crippen LogP contribution is -2.81. The Kier molecular flexibility index (Phi) is 14.1. The fraction of sp³-hybridized carbons (Fsp3) is 0.0238. The van der Waals surface area contributed by atoms with Crippen molar-refractivity contribution in [1.82, 2.24) is 0 Å². The largest absolute Gasteiger partial charge is 0.215 e. The van der Waals surface area contributed by atoms with Gasteiger partial charge in [0.2, 0.25) is 5.69 Å². The Morgan fingerprint density at radius 3 is 0.985 bits per heavy atom. The summed E-state index contributed by atoms with van der Waals surface area (Å²) in [5.74, 6) is -71.4. The molecule has 0 spiro atoms. The van der Waals surface area contributed by atoms with E-state index in [9.17, 15) is 52.7 Å². The molecule has 344 valence electrons. The van der Waals surface area contributed by atoms with Crippen molar-refractivity contribution in [3.63, 3.8) is 0 Å². The summed E-state index contributed by atoms with van der Waals surface area (Å²) in [6, 6.07) is 21.1. The zero-order valence-corrected chi connectivity index (χ0v) is 34.6. The third kappa shape index (κ3) is 7.98. The Balaban J connectivity index is 0.000000284. The zero-order valence-electron chi connectivity index (χ0n) is 31.5. The smallest absolute Gasteiger partial charge is 0.207 e. The zero-order chi connectivity index (χ0) is 49.0. The second kappa shape index (κ2) is 18.8. The van der Waals surface area contributed by atoms with Gasteiger partial charge in [-0.05, 0) is 43.3 Å². The molecular weight excluding hydrogens is 1070 g/mol. The predicted octanol–water partition coefficient (Wildman–Crippen LogP) is 11.1. The summed E-state index contributed by atoms with van der Waals surface area (Å²) >= 11 is 6.96. The summed E-state index contributed by atoms with van der Waals surface area (Å²) in [6.45, 7) is 0.852. The molecule has 66 heavy (non-hydrogen) atoms. The Bertz CT molecular complexity index is 2760. The molecule has 0 N–H and O–H groups in total. The normalized spacial score (nSPS) is 11.5. The number of rotatable bonds is 7. The van der Waals surface area contributed by atoms with Gasteiger partial charge in [-0.1, -0.05) is 48.5 Å². The van der Waals surface area contributed by atoms with Gasteiger partial charge >= 0.3 is 0 Å². The van der Waals surface area contributed by atoms with E-state index in [1.54, 1.807) is 0 Å². The lowest BCUT2D eigenvalue weighted by atomic mass is 9.12. The summed E-state index contributed by atoms with van der Waals surface area (Å²) in [5.41, 5.74) is -11.9. The van der Waals surface area contributed by atoms with Crippen molar-refractivity contribution in [2.24, 2.45) is 0 Å². The van der Waals surface area contributed by atoms with Crippen LogP contribution >= 0.6 is 31.9 Å². The molecule has 1 heterocycles. The van der Waals surface area contributed by atoms with Crippen LogP contribution in [0.3, 0.4) is 0 Å². The molecule has 0 unspecified atom stereocenters. The second-order valence-electron chi connectivity index (χ2n) is 13.6. The summed E-state index contributed by atoms with van der Waals surface area (Å²) < 4.78 is 297. The average Bonchev–Trinajstić information content (AvgIpc) is 3.30. The van der Waals surface area contributed by atoms with Crippen molar-refractivity contribution < 1.29 is 92.4 Å². The van der Waals surface area contributed by atoms with Crippen molar-refractivity contribution in [2.75, 3.05) is 0 Å². The van der Waals surface area contributed by atoms with Crippen molar-refractivity contribution >= 4 is 76.7 Å². The van der Waals surface area contributed by atoms with Gasteiger partial charge in [0.25, 0.3) is 0 Å². The summed E-state index contributed by atoms with van der Waals surface area (Å²) in [4.78, 5) is 0. The molecular formula is C42H14BBr2F20N. The minimum absolute atomic E-state index is 0.852. The topological polar surface area (TPSA) is 3.88 Å². The highest BCUT2D eigenvalue weighted by Gasteiger charge is 2.52. The van der Waals surface area contributed by atoms with Gasteiger partial charge in [0, 0.05) is 17.7 Å². The van der Waals surface area contributed by atoms with Gasteiger partial charge < -0.3 is 0 Å². The number of benzene rings is 6.